The summed E-state index contributed by atoms with van der Waals surface area (Å²) in [5.74, 6) is 1.49. The van der Waals surface area contributed by atoms with Crippen molar-refractivity contribution >= 4 is 11.5 Å². The Morgan fingerprint density at radius 1 is 0.893 bits per heavy atom. The van der Waals surface area contributed by atoms with Crippen LogP contribution in [-0.2, 0) is 6.42 Å². The first kappa shape index (κ1) is 19.9. The molecule has 2 aromatic carbocycles. The Morgan fingerprint density at radius 2 is 1.50 bits per heavy atom. The number of nitrogens with zero attached hydrogens (tertiary/aromatic N) is 1. The number of aromatic hydroxyl groups is 1. The second-order valence-corrected chi connectivity index (χ2v) is 7.83. The number of anilines is 2. The summed E-state index contributed by atoms with van der Waals surface area (Å²) in [6.07, 6.45) is 0.742. The molecule has 2 N–H and O–H groups in total. The quantitative estimate of drug-likeness (QED) is 0.488. The van der Waals surface area contributed by atoms with Crippen LogP contribution in [0.3, 0.4) is 0 Å². The lowest BCUT2D eigenvalue weighted by Crippen LogP contribution is -2.06. The maximum absolute atomic E-state index is 10.9. The van der Waals surface area contributed by atoms with Crippen molar-refractivity contribution in [3.63, 3.8) is 0 Å². The van der Waals surface area contributed by atoms with Crippen LogP contribution in [-0.4, -0.2) is 10.1 Å². The van der Waals surface area contributed by atoms with Crippen molar-refractivity contribution in [2.24, 2.45) is 0 Å². The van der Waals surface area contributed by atoms with Crippen LogP contribution in [0.15, 0.2) is 54.6 Å². The van der Waals surface area contributed by atoms with E-state index in [2.05, 4.69) is 58.1 Å². The van der Waals surface area contributed by atoms with Crippen LogP contribution in [0.4, 0.5) is 11.5 Å². The molecular formula is C25H30N2O. The molecule has 0 aliphatic carbocycles. The highest BCUT2D eigenvalue weighted by molar-refractivity contribution is 5.74. The number of para-hydroxylation sites is 1. The van der Waals surface area contributed by atoms with E-state index in [1.165, 1.54) is 11.1 Å². The zero-order chi connectivity index (χ0) is 20.3. The third-order valence-electron chi connectivity index (χ3n) is 5.14. The average molecular weight is 375 g/mol. The van der Waals surface area contributed by atoms with Gasteiger partial charge in [0.05, 0.1) is 5.69 Å². The smallest absolute Gasteiger partial charge is 0.173 e. The maximum Gasteiger partial charge on any atom is 0.173 e. The monoisotopic (exact) mass is 374 g/mol. The number of benzene rings is 2. The van der Waals surface area contributed by atoms with Crippen molar-refractivity contribution in [1.82, 2.24) is 4.98 Å². The molecule has 0 saturated carbocycles. The van der Waals surface area contributed by atoms with Gasteiger partial charge in [0.1, 0.15) is 0 Å². The van der Waals surface area contributed by atoms with Crippen molar-refractivity contribution in [2.45, 2.75) is 52.9 Å². The molecule has 0 radical (unpaired) electrons. The van der Waals surface area contributed by atoms with Gasteiger partial charge in [-0.15, -0.1) is 0 Å². The highest BCUT2D eigenvalue weighted by Gasteiger charge is 2.18. The van der Waals surface area contributed by atoms with Gasteiger partial charge in [-0.1, -0.05) is 83.1 Å². The van der Waals surface area contributed by atoms with E-state index in [0.29, 0.717) is 17.7 Å². The lowest BCUT2D eigenvalue weighted by Gasteiger charge is -2.22. The molecule has 146 valence electrons. The van der Waals surface area contributed by atoms with Gasteiger partial charge >= 0.3 is 0 Å². The Kier molecular flexibility index (Phi) is 6.03. The van der Waals surface area contributed by atoms with E-state index in [1.807, 2.05) is 36.4 Å². The fourth-order valence-electron chi connectivity index (χ4n) is 3.52. The minimum Gasteiger partial charge on any atom is -0.504 e. The van der Waals surface area contributed by atoms with Crippen LogP contribution in [0.5, 0.6) is 5.75 Å². The van der Waals surface area contributed by atoms with E-state index in [9.17, 15) is 5.11 Å². The average Bonchev–Trinajstić information content (AvgIpc) is 2.69. The van der Waals surface area contributed by atoms with Crippen molar-refractivity contribution in [3.8, 4) is 17.0 Å². The highest BCUT2D eigenvalue weighted by Crippen LogP contribution is 2.38. The fraction of sp³-hybridized carbons (Fsp3) is 0.320. The largest absolute Gasteiger partial charge is 0.504 e. The molecule has 3 rings (SSSR count). The summed E-state index contributed by atoms with van der Waals surface area (Å²) < 4.78 is 0. The van der Waals surface area contributed by atoms with Gasteiger partial charge in [0.2, 0.25) is 0 Å². The molecule has 0 atom stereocenters. The summed E-state index contributed by atoms with van der Waals surface area (Å²) in [7, 11) is 0. The van der Waals surface area contributed by atoms with Crippen LogP contribution in [0.1, 0.15) is 63.1 Å². The first-order chi connectivity index (χ1) is 13.4. The summed E-state index contributed by atoms with van der Waals surface area (Å²) in [6, 6.07) is 18.5. The predicted molar refractivity (Wildman–Crippen MR) is 119 cm³/mol. The van der Waals surface area contributed by atoms with Gasteiger partial charge < -0.3 is 10.4 Å². The summed E-state index contributed by atoms with van der Waals surface area (Å²) in [5, 5.41) is 14.4. The molecule has 1 heterocycles. The van der Waals surface area contributed by atoms with Crippen molar-refractivity contribution in [1.29, 1.82) is 0 Å². The number of aryl methyl sites for hydroxylation is 1. The van der Waals surface area contributed by atoms with Crippen molar-refractivity contribution in [2.75, 3.05) is 5.32 Å². The van der Waals surface area contributed by atoms with Crippen LogP contribution in [0, 0.1) is 0 Å². The molecule has 3 aromatic rings. The number of rotatable bonds is 6. The lowest BCUT2D eigenvalue weighted by molar-refractivity contribution is 0.469. The second-order valence-electron chi connectivity index (χ2n) is 7.83. The third-order valence-corrected chi connectivity index (χ3v) is 5.14. The van der Waals surface area contributed by atoms with E-state index >= 15 is 0 Å². The summed E-state index contributed by atoms with van der Waals surface area (Å²) >= 11 is 0. The van der Waals surface area contributed by atoms with Gasteiger partial charge in [-0.2, -0.15) is 0 Å². The topological polar surface area (TPSA) is 45.2 Å². The molecule has 0 aliphatic rings. The molecule has 0 spiro atoms. The summed E-state index contributed by atoms with van der Waals surface area (Å²) in [6.45, 7) is 10.8. The van der Waals surface area contributed by atoms with Crippen LogP contribution in [0.25, 0.3) is 11.3 Å². The Morgan fingerprint density at radius 3 is 2.04 bits per heavy atom. The molecule has 0 fully saturated rings. The minimum absolute atomic E-state index is 0.232. The van der Waals surface area contributed by atoms with Gasteiger partial charge in [-0.3, -0.25) is 0 Å². The number of pyridine rings is 1. The van der Waals surface area contributed by atoms with Crippen LogP contribution >= 0.6 is 0 Å². The number of nitrogens with one attached hydrogen (secondary N) is 1. The van der Waals surface area contributed by atoms with E-state index in [4.69, 9.17) is 4.98 Å². The Labute approximate surface area is 168 Å². The zero-order valence-electron chi connectivity index (χ0n) is 17.5. The standard InChI is InChI=1S/C25H30N2O/c1-6-18-15-22(19-11-8-7-9-12-19)26-25(24(18)28)27-23-20(16(2)3)13-10-14-21(23)17(4)5/h7-17,28H,6H2,1-5H3,(H,26,27). The SMILES string of the molecule is CCc1cc(-c2ccccc2)nc(Nc2c(C(C)C)cccc2C(C)C)c1O. The molecule has 3 heteroatoms. The normalized spacial score (nSPS) is 11.2. The van der Waals surface area contributed by atoms with Gasteiger partial charge in [0.25, 0.3) is 0 Å². The highest BCUT2D eigenvalue weighted by atomic mass is 16.3. The Balaban J connectivity index is 2.15. The van der Waals surface area contributed by atoms with Crippen molar-refractivity contribution < 1.29 is 5.11 Å². The van der Waals surface area contributed by atoms with Gasteiger partial charge in [0.15, 0.2) is 11.6 Å². The second kappa shape index (κ2) is 8.47. The molecular weight excluding hydrogens is 344 g/mol. The molecule has 0 amide bonds. The number of hydrogen-bond donors (Lipinski definition) is 2. The van der Waals surface area contributed by atoms with Crippen LogP contribution < -0.4 is 5.32 Å². The van der Waals surface area contributed by atoms with Crippen LogP contribution in [0.2, 0.25) is 0 Å². The summed E-state index contributed by atoms with van der Waals surface area (Å²) in [4.78, 5) is 4.79. The first-order valence-electron chi connectivity index (χ1n) is 10.1. The minimum atomic E-state index is 0.232. The molecule has 0 saturated heterocycles. The Bertz CT molecular complexity index is 920. The van der Waals surface area contributed by atoms with Crippen molar-refractivity contribution in [3.05, 3.63) is 71.3 Å². The molecule has 28 heavy (non-hydrogen) atoms. The van der Waals surface area contributed by atoms with Gasteiger partial charge in [-0.25, -0.2) is 4.98 Å². The predicted octanol–water partition coefficient (Wildman–Crippen LogP) is 7.01. The maximum atomic E-state index is 10.9. The summed E-state index contributed by atoms with van der Waals surface area (Å²) in [5.41, 5.74) is 6.32. The van der Waals surface area contributed by atoms with Gasteiger partial charge in [-0.05, 0) is 41.0 Å². The third kappa shape index (κ3) is 4.04. The molecule has 0 aliphatic heterocycles. The van der Waals surface area contributed by atoms with E-state index < -0.39 is 0 Å². The van der Waals surface area contributed by atoms with Gasteiger partial charge in [0, 0.05) is 11.3 Å². The molecule has 3 nitrogen and oxygen atoms in total. The Hall–Kier alpha value is -2.81. The molecule has 1 aromatic heterocycles. The zero-order valence-corrected chi connectivity index (χ0v) is 17.5. The number of hydrogen-bond acceptors (Lipinski definition) is 3. The van der Waals surface area contributed by atoms with E-state index in [-0.39, 0.29) is 5.75 Å². The van der Waals surface area contributed by atoms with E-state index in [0.717, 1.165) is 28.9 Å². The van der Waals surface area contributed by atoms with E-state index in [1.54, 1.807) is 0 Å². The lowest BCUT2D eigenvalue weighted by atomic mass is 9.92. The molecule has 0 bridgehead atoms. The molecule has 0 unspecified atom stereocenters. The first-order valence-corrected chi connectivity index (χ1v) is 10.1. The number of aromatic nitrogens is 1. The fourth-order valence-corrected chi connectivity index (χ4v) is 3.52.